The Kier molecular flexibility index (Phi) is 4.51. The number of thioether (sulfide) groups is 1. The summed E-state index contributed by atoms with van der Waals surface area (Å²) >= 11 is 1.25. The lowest BCUT2D eigenvalue weighted by Crippen LogP contribution is -2.16. The van der Waals surface area contributed by atoms with E-state index in [1.165, 1.54) is 11.8 Å². The van der Waals surface area contributed by atoms with Crippen molar-refractivity contribution < 1.29 is 9.53 Å². The molecule has 0 saturated heterocycles. The van der Waals surface area contributed by atoms with E-state index in [0.717, 1.165) is 0 Å². The highest BCUT2D eigenvalue weighted by atomic mass is 32.2. The molecule has 1 N–H and O–H groups in total. The van der Waals surface area contributed by atoms with Gasteiger partial charge in [-0.3, -0.25) is 14.9 Å². The van der Waals surface area contributed by atoms with Crippen molar-refractivity contribution in [2.45, 2.75) is 24.3 Å². The molecule has 0 spiro atoms. The average Bonchev–Trinajstić information content (AvgIpc) is 2.88. The van der Waals surface area contributed by atoms with Crippen molar-refractivity contribution in [1.29, 1.82) is 0 Å². The molecule has 0 bridgehead atoms. The van der Waals surface area contributed by atoms with Crippen molar-refractivity contribution in [1.82, 2.24) is 20.2 Å². The Morgan fingerprint density at radius 3 is 3.05 bits per heavy atom. The normalized spacial score (nSPS) is 12.1. The number of pyridine rings is 1. The van der Waals surface area contributed by atoms with Gasteiger partial charge in [-0.15, -0.1) is 5.10 Å². The van der Waals surface area contributed by atoms with E-state index in [2.05, 4.69) is 20.2 Å². The highest BCUT2D eigenvalue weighted by molar-refractivity contribution is 8.00. The first-order valence-electron chi connectivity index (χ1n) is 5.87. The van der Waals surface area contributed by atoms with Gasteiger partial charge in [0.2, 0.25) is 5.16 Å². The predicted molar refractivity (Wildman–Crippen MR) is 71.6 cm³/mol. The maximum absolute atomic E-state index is 11.5. The second kappa shape index (κ2) is 6.33. The number of aromatic nitrogens is 4. The Morgan fingerprint density at radius 1 is 1.53 bits per heavy atom. The van der Waals surface area contributed by atoms with Crippen LogP contribution in [0.1, 0.15) is 13.8 Å². The summed E-state index contributed by atoms with van der Waals surface area (Å²) in [4.78, 5) is 20.0. The zero-order chi connectivity index (χ0) is 13.7. The van der Waals surface area contributed by atoms with Gasteiger partial charge in [0.05, 0.1) is 6.61 Å². The van der Waals surface area contributed by atoms with E-state index in [0.29, 0.717) is 23.3 Å². The Balaban J connectivity index is 2.04. The summed E-state index contributed by atoms with van der Waals surface area (Å²) in [5.74, 6) is 0.316. The number of carbonyl (C=O) groups is 1. The van der Waals surface area contributed by atoms with Gasteiger partial charge in [0, 0.05) is 6.20 Å². The maximum atomic E-state index is 11.5. The fourth-order valence-corrected chi connectivity index (χ4v) is 2.11. The van der Waals surface area contributed by atoms with Crippen molar-refractivity contribution in [2.24, 2.45) is 0 Å². The molecule has 2 aromatic heterocycles. The summed E-state index contributed by atoms with van der Waals surface area (Å²) in [7, 11) is 0. The van der Waals surface area contributed by atoms with Gasteiger partial charge in [-0.25, -0.2) is 0 Å². The largest absolute Gasteiger partial charge is 0.465 e. The third-order valence-corrected chi connectivity index (χ3v) is 3.21. The molecule has 0 fully saturated rings. The topological polar surface area (TPSA) is 80.8 Å². The minimum absolute atomic E-state index is 0.267. The molecule has 0 aliphatic heterocycles. The summed E-state index contributed by atoms with van der Waals surface area (Å²) in [6.45, 7) is 3.91. The van der Waals surface area contributed by atoms with Crippen LogP contribution in [0, 0.1) is 0 Å². The molecule has 6 nitrogen and oxygen atoms in total. The van der Waals surface area contributed by atoms with E-state index in [4.69, 9.17) is 4.74 Å². The molecule has 1 atom stereocenters. The number of nitrogens with zero attached hydrogens (tertiary/aromatic N) is 3. The van der Waals surface area contributed by atoms with Crippen LogP contribution in [0.15, 0.2) is 29.6 Å². The van der Waals surface area contributed by atoms with Gasteiger partial charge < -0.3 is 4.74 Å². The summed E-state index contributed by atoms with van der Waals surface area (Å²) in [6, 6.07) is 5.54. The molecule has 0 aliphatic rings. The molecular formula is C12H14N4O2S. The second-order valence-corrected chi connectivity index (χ2v) is 5.00. The molecule has 2 heterocycles. The van der Waals surface area contributed by atoms with E-state index in [-0.39, 0.29) is 11.2 Å². The maximum Gasteiger partial charge on any atom is 0.319 e. The Bertz CT molecular complexity index is 544. The second-order valence-electron chi connectivity index (χ2n) is 3.69. The molecule has 0 saturated carbocycles. The minimum Gasteiger partial charge on any atom is -0.465 e. The molecule has 2 aromatic rings. The van der Waals surface area contributed by atoms with E-state index in [1.807, 2.05) is 18.2 Å². The molecule has 0 amide bonds. The average molecular weight is 278 g/mol. The Labute approximate surface area is 115 Å². The number of rotatable bonds is 5. The predicted octanol–water partition coefficient (Wildman–Crippen LogP) is 1.91. The van der Waals surface area contributed by atoms with Crippen molar-refractivity contribution in [2.75, 3.05) is 6.61 Å². The van der Waals surface area contributed by atoms with Gasteiger partial charge in [0.1, 0.15) is 10.9 Å². The van der Waals surface area contributed by atoms with E-state index < -0.39 is 0 Å². The van der Waals surface area contributed by atoms with Crippen LogP contribution in [0.3, 0.4) is 0 Å². The molecule has 0 aliphatic carbocycles. The molecule has 2 rings (SSSR count). The number of carbonyl (C=O) groups excluding carboxylic acids is 1. The first-order valence-corrected chi connectivity index (χ1v) is 6.75. The lowest BCUT2D eigenvalue weighted by molar-refractivity contribution is -0.142. The van der Waals surface area contributed by atoms with Gasteiger partial charge >= 0.3 is 5.97 Å². The SMILES string of the molecule is CCOC(=O)C(C)Sc1n[nH]c(-c2ccccn2)n1. The van der Waals surface area contributed by atoms with Crippen molar-refractivity contribution in [3.63, 3.8) is 0 Å². The molecule has 0 radical (unpaired) electrons. The van der Waals surface area contributed by atoms with Crippen molar-refractivity contribution in [3.8, 4) is 11.5 Å². The van der Waals surface area contributed by atoms with Gasteiger partial charge in [-0.2, -0.15) is 4.98 Å². The molecule has 100 valence electrons. The van der Waals surface area contributed by atoms with Crippen LogP contribution < -0.4 is 0 Å². The quantitative estimate of drug-likeness (QED) is 0.664. The first kappa shape index (κ1) is 13.5. The van der Waals surface area contributed by atoms with Crippen LogP contribution in [0.2, 0.25) is 0 Å². The third kappa shape index (κ3) is 3.54. The fraction of sp³-hybridized carbons (Fsp3) is 0.333. The molecular weight excluding hydrogens is 264 g/mol. The van der Waals surface area contributed by atoms with E-state index >= 15 is 0 Å². The van der Waals surface area contributed by atoms with Crippen LogP contribution in [0.4, 0.5) is 0 Å². The molecule has 19 heavy (non-hydrogen) atoms. The highest BCUT2D eigenvalue weighted by Gasteiger charge is 2.18. The number of ether oxygens (including phenoxy) is 1. The Morgan fingerprint density at radius 2 is 2.37 bits per heavy atom. The van der Waals surface area contributed by atoms with Gasteiger partial charge in [0.25, 0.3) is 0 Å². The summed E-state index contributed by atoms with van der Waals surface area (Å²) < 4.78 is 4.93. The summed E-state index contributed by atoms with van der Waals surface area (Å²) in [5, 5.41) is 7.02. The fourth-order valence-electron chi connectivity index (χ4n) is 1.38. The monoisotopic (exact) mass is 278 g/mol. The van der Waals surface area contributed by atoms with Crippen molar-refractivity contribution in [3.05, 3.63) is 24.4 Å². The standard InChI is InChI=1S/C12H14N4O2S/c1-3-18-11(17)8(2)19-12-14-10(15-16-12)9-6-4-5-7-13-9/h4-8H,3H2,1-2H3,(H,14,15,16). The van der Waals surface area contributed by atoms with Crippen LogP contribution >= 0.6 is 11.8 Å². The van der Waals surface area contributed by atoms with Crippen LogP contribution in [-0.2, 0) is 9.53 Å². The number of hydrogen-bond donors (Lipinski definition) is 1. The van der Waals surface area contributed by atoms with Crippen LogP contribution in [0.25, 0.3) is 11.5 Å². The summed E-state index contributed by atoms with van der Waals surface area (Å²) in [5.41, 5.74) is 0.714. The number of H-pyrrole nitrogens is 1. The summed E-state index contributed by atoms with van der Waals surface area (Å²) in [6.07, 6.45) is 1.69. The molecule has 1 unspecified atom stereocenters. The smallest absolute Gasteiger partial charge is 0.319 e. The number of aromatic amines is 1. The lowest BCUT2D eigenvalue weighted by atomic mass is 10.3. The minimum atomic E-state index is -0.340. The van der Waals surface area contributed by atoms with Gasteiger partial charge in [-0.1, -0.05) is 17.8 Å². The third-order valence-electron chi connectivity index (χ3n) is 2.27. The number of esters is 1. The number of hydrogen-bond acceptors (Lipinski definition) is 6. The highest BCUT2D eigenvalue weighted by Crippen LogP contribution is 2.22. The Hall–Kier alpha value is -1.89. The zero-order valence-electron chi connectivity index (χ0n) is 10.7. The van der Waals surface area contributed by atoms with E-state index in [9.17, 15) is 4.79 Å². The lowest BCUT2D eigenvalue weighted by Gasteiger charge is -2.06. The molecule has 0 aromatic carbocycles. The van der Waals surface area contributed by atoms with Gasteiger partial charge in [-0.05, 0) is 26.0 Å². The van der Waals surface area contributed by atoms with Crippen LogP contribution in [-0.4, -0.2) is 38.0 Å². The molecule has 7 heteroatoms. The van der Waals surface area contributed by atoms with Gasteiger partial charge in [0.15, 0.2) is 5.82 Å². The van der Waals surface area contributed by atoms with E-state index in [1.54, 1.807) is 20.0 Å². The van der Waals surface area contributed by atoms with Crippen LogP contribution in [0.5, 0.6) is 0 Å². The van der Waals surface area contributed by atoms with Crippen molar-refractivity contribution >= 4 is 17.7 Å². The first-order chi connectivity index (χ1) is 9.20. The zero-order valence-corrected chi connectivity index (χ0v) is 11.5. The number of nitrogens with one attached hydrogen (secondary N) is 1.